The summed E-state index contributed by atoms with van der Waals surface area (Å²) in [6.45, 7) is 2.51. The van der Waals surface area contributed by atoms with Crippen molar-refractivity contribution in [3.63, 3.8) is 0 Å². The van der Waals surface area contributed by atoms with Crippen molar-refractivity contribution in [2.75, 3.05) is 0 Å². The molecule has 1 heterocycles. The molecule has 0 saturated carbocycles. The standard InChI is InChI=1S/C16H19N3OS/c1-11-15(21-10-18-11)9-17-16(20)19-14-7-6-12-4-2-3-5-13(12)8-14/h2-5,10,14H,6-9H2,1H3,(H2,17,19,20)/t14-/m1/s1. The quantitative estimate of drug-likeness (QED) is 0.916. The molecule has 21 heavy (non-hydrogen) atoms. The Bertz CT molecular complexity index is 638. The number of rotatable bonds is 3. The number of urea groups is 1. The zero-order chi connectivity index (χ0) is 14.7. The molecule has 0 fully saturated rings. The largest absolute Gasteiger partial charge is 0.335 e. The molecule has 2 amide bonds. The number of aromatic nitrogens is 1. The summed E-state index contributed by atoms with van der Waals surface area (Å²) in [7, 11) is 0. The van der Waals surface area contributed by atoms with Crippen molar-refractivity contribution in [3.8, 4) is 0 Å². The van der Waals surface area contributed by atoms with Crippen LogP contribution in [0.4, 0.5) is 4.79 Å². The van der Waals surface area contributed by atoms with Crippen LogP contribution in [0.1, 0.15) is 28.1 Å². The van der Waals surface area contributed by atoms with E-state index in [0.29, 0.717) is 6.54 Å². The molecule has 1 atom stereocenters. The molecule has 0 radical (unpaired) electrons. The molecule has 1 aliphatic carbocycles. The Labute approximate surface area is 128 Å². The molecule has 1 aromatic carbocycles. The molecule has 110 valence electrons. The van der Waals surface area contributed by atoms with Crippen molar-refractivity contribution < 1.29 is 4.79 Å². The third-order valence-corrected chi connectivity index (χ3v) is 4.87. The molecule has 0 aliphatic heterocycles. The maximum Gasteiger partial charge on any atom is 0.315 e. The fraction of sp³-hybridized carbons (Fsp3) is 0.375. The number of nitrogens with zero attached hydrogens (tertiary/aromatic N) is 1. The molecule has 2 N–H and O–H groups in total. The van der Waals surface area contributed by atoms with Crippen LogP contribution >= 0.6 is 11.3 Å². The first kappa shape index (κ1) is 14.1. The lowest BCUT2D eigenvalue weighted by Crippen LogP contribution is -2.44. The summed E-state index contributed by atoms with van der Waals surface area (Å²) in [6.07, 6.45) is 2.96. The minimum Gasteiger partial charge on any atom is -0.335 e. The maximum absolute atomic E-state index is 12.0. The minimum atomic E-state index is -0.0906. The first-order chi connectivity index (χ1) is 10.2. The number of thiazole rings is 1. The third kappa shape index (κ3) is 3.42. The molecule has 0 unspecified atom stereocenters. The van der Waals surface area contributed by atoms with Crippen molar-refractivity contribution in [2.45, 2.75) is 38.8 Å². The number of hydrogen-bond acceptors (Lipinski definition) is 3. The van der Waals surface area contributed by atoms with Crippen LogP contribution in [0.5, 0.6) is 0 Å². The van der Waals surface area contributed by atoms with Crippen molar-refractivity contribution in [1.82, 2.24) is 15.6 Å². The second kappa shape index (κ2) is 6.26. The second-order valence-electron chi connectivity index (χ2n) is 5.40. The van der Waals surface area contributed by atoms with Gasteiger partial charge in [-0.2, -0.15) is 0 Å². The molecule has 3 rings (SSSR count). The lowest BCUT2D eigenvalue weighted by molar-refractivity contribution is 0.235. The summed E-state index contributed by atoms with van der Waals surface area (Å²) in [5, 5.41) is 5.99. The highest BCUT2D eigenvalue weighted by Crippen LogP contribution is 2.21. The number of amides is 2. The van der Waals surface area contributed by atoms with Crippen molar-refractivity contribution in [1.29, 1.82) is 0 Å². The van der Waals surface area contributed by atoms with Gasteiger partial charge in [-0.25, -0.2) is 9.78 Å². The molecule has 0 saturated heterocycles. The van der Waals surface area contributed by atoms with E-state index in [0.717, 1.165) is 29.8 Å². The number of nitrogens with one attached hydrogen (secondary N) is 2. The molecule has 0 bridgehead atoms. The zero-order valence-electron chi connectivity index (χ0n) is 12.1. The SMILES string of the molecule is Cc1ncsc1CNC(=O)N[C@@H]1CCc2ccccc2C1. The van der Waals surface area contributed by atoms with Gasteiger partial charge in [-0.15, -0.1) is 11.3 Å². The molecule has 1 aromatic heterocycles. The van der Waals surface area contributed by atoms with Gasteiger partial charge in [-0.1, -0.05) is 24.3 Å². The van der Waals surface area contributed by atoms with Crippen LogP contribution in [0.3, 0.4) is 0 Å². The number of hydrogen-bond donors (Lipinski definition) is 2. The van der Waals surface area contributed by atoms with E-state index < -0.39 is 0 Å². The van der Waals surface area contributed by atoms with E-state index in [1.165, 1.54) is 11.1 Å². The average Bonchev–Trinajstić information content (AvgIpc) is 2.90. The Morgan fingerprint density at radius 3 is 2.95 bits per heavy atom. The van der Waals surface area contributed by atoms with Crippen molar-refractivity contribution in [3.05, 3.63) is 51.5 Å². The van der Waals surface area contributed by atoms with E-state index in [1.807, 2.05) is 12.4 Å². The minimum absolute atomic E-state index is 0.0906. The van der Waals surface area contributed by atoms with Crippen LogP contribution in [-0.4, -0.2) is 17.1 Å². The highest BCUT2D eigenvalue weighted by atomic mass is 32.1. The van der Waals surface area contributed by atoms with Gasteiger partial charge in [0, 0.05) is 10.9 Å². The summed E-state index contributed by atoms with van der Waals surface area (Å²) < 4.78 is 0. The van der Waals surface area contributed by atoms with Crippen LogP contribution in [0.15, 0.2) is 29.8 Å². The maximum atomic E-state index is 12.0. The molecule has 5 heteroatoms. The smallest absolute Gasteiger partial charge is 0.315 e. The Hall–Kier alpha value is -1.88. The summed E-state index contributed by atoms with van der Waals surface area (Å²) >= 11 is 1.57. The van der Waals surface area contributed by atoms with Gasteiger partial charge >= 0.3 is 6.03 Å². The lowest BCUT2D eigenvalue weighted by atomic mass is 9.88. The van der Waals surface area contributed by atoms with Gasteiger partial charge in [-0.3, -0.25) is 0 Å². The molecule has 0 spiro atoms. The normalized spacial score (nSPS) is 17.1. The van der Waals surface area contributed by atoms with E-state index in [9.17, 15) is 4.79 Å². The molecule has 1 aliphatic rings. The highest BCUT2D eigenvalue weighted by Gasteiger charge is 2.19. The van der Waals surface area contributed by atoms with Crippen LogP contribution in [0.2, 0.25) is 0 Å². The van der Waals surface area contributed by atoms with Crippen molar-refractivity contribution in [2.24, 2.45) is 0 Å². The fourth-order valence-corrected chi connectivity index (χ4v) is 3.43. The van der Waals surface area contributed by atoms with Gasteiger partial charge in [0.2, 0.25) is 0 Å². The zero-order valence-corrected chi connectivity index (χ0v) is 12.9. The summed E-state index contributed by atoms with van der Waals surface area (Å²) in [5.74, 6) is 0. The van der Waals surface area contributed by atoms with Gasteiger partial charge in [0.25, 0.3) is 0 Å². The van der Waals surface area contributed by atoms with E-state index in [1.54, 1.807) is 11.3 Å². The number of carbonyl (C=O) groups is 1. The summed E-state index contributed by atoms with van der Waals surface area (Å²) in [6, 6.07) is 8.61. The second-order valence-corrected chi connectivity index (χ2v) is 6.34. The van der Waals surface area contributed by atoms with Gasteiger partial charge < -0.3 is 10.6 Å². The highest BCUT2D eigenvalue weighted by molar-refractivity contribution is 7.09. The van der Waals surface area contributed by atoms with Crippen LogP contribution in [0.25, 0.3) is 0 Å². The number of benzene rings is 1. The van der Waals surface area contributed by atoms with E-state index in [4.69, 9.17) is 0 Å². The van der Waals surface area contributed by atoms with Crippen LogP contribution in [0, 0.1) is 6.92 Å². The van der Waals surface area contributed by atoms with Gasteiger partial charge in [0.15, 0.2) is 0 Å². The average molecular weight is 301 g/mol. The Morgan fingerprint density at radius 1 is 1.38 bits per heavy atom. The molecule has 2 aromatic rings. The number of fused-ring (bicyclic) bond motifs is 1. The van der Waals surface area contributed by atoms with Gasteiger partial charge in [0.1, 0.15) is 0 Å². The van der Waals surface area contributed by atoms with Crippen LogP contribution < -0.4 is 10.6 Å². The van der Waals surface area contributed by atoms with Gasteiger partial charge in [-0.05, 0) is 37.3 Å². The first-order valence-electron chi connectivity index (χ1n) is 7.22. The van der Waals surface area contributed by atoms with Crippen LogP contribution in [-0.2, 0) is 19.4 Å². The van der Waals surface area contributed by atoms with E-state index >= 15 is 0 Å². The van der Waals surface area contributed by atoms with Crippen molar-refractivity contribution >= 4 is 17.4 Å². The lowest BCUT2D eigenvalue weighted by Gasteiger charge is -2.25. The summed E-state index contributed by atoms with van der Waals surface area (Å²) in [5.41, 5.74) is 5.57. The monoisotopic (exact) mass is 301 g/mol. The van der Waals surface area contributed by atoms with E-state index in [-0.39, 0.29) is 12.1 Å². The number of aryl methyl sites for hydroxylation is 2. The third-order valence-electron chi connectivity index (χ3n) is 3.94. The Morgan fingerprint density at radius 2 is 2.19 bits per heavy atom. The van der Waals surface area contributed by atoms with E-state index in [2.05, 4.69) is 39.9 Å². The predicted molar refractivity (Wildman–Crippen MR) is 84.5 cm³/mol. The topological polar surface area (TPSA) is 54.0 Å². The first-order valence-corrected chi connectivity index (χ1v) is 8.10. The molecule has 4 nitrogen and oxygen atoms in total. The summed E-state index contributed by atoms with van der Waals surface area (Å²) in [4.78, 5) is 17.3. The Kier molecular flexibility index (Phi) is 4.20. The fourth-order valence-electron chi connectivity index (χ4n) is 2.71. The Balaban J connectivity index is 1.51. The number of carbonyl (C=O) groups excluding carboxylic acids is 1. The predicted octanol–water partition coefficient (Wildman–Crippen LogP) is 2.81. The molecular formula is C16H19N3OS. The van der Waals surface area contributed by atoms with Gasteiger partial charge in [0.05, 0.1) is 17.7 Å². The molecular weight excluding hydrogens is 282 g/mol.